The van der Waals surface area contributed by atoms with Gasteiger partial charge in [0.25, 0.3) is 6.29 Å². The molecule has 0 aromatic rings. The van der Waals surface area contributed by atoms with Crippen molar-refractivity contribution in [1.29, 1.82) is 0 Å². The highest BCUT2D eigenvalue weighted by Crippen LogP contribution is 2.19. The van der Waals surface area contributed by atoms with Gasteiger partial charge in [0.2, 0.25) is 0 Å². The number of unbranched alkanes of at least 4 members (excludes halogenated alkanes) is 45. The van der Waals surface area contributed by atoms with Crippen LogP contribution in [0.5, 0.6) is 0 Å². The molecule has 9 nitrogen and oxygen atoms in total. The van der Waals surface area contributed by atoms with E-state index in [1.54, 1.807) is 0 Å². The first-order chi connectivity index (χ1) is 47.1. The standard InChI is InChI=1S/C87H155NO8/c1-6-8-10-12-14-16-18-20-22-24-26-28-30-32-34-36-38-40-42-44-45-47-49-51-53-55-57-59-61-63-65-67-69-71-73-75-77-84(89)94-81-83(82-95-87(86(91)92)93-80-79-88(3,4)5)96-85(90)78-76-74-72-70-68-66-64-62-60-58-56-54-52-50-48-46-43-41-39-37-35-33-31-29-27-25-23-21-19-17-15-13-11-9-7-2/h9,11,15,17,21,23,27,29,33,35,39,41,46,48,52,54,83,87H,6-8,10,12-14,16,18-20,22,24-26,28,30-32,34,36-38,40,42-45,47,49-51,53,55-82H2,1-5H3/p+1/b11-9-,17-15-,23-21-,29-27-,35-33-,41-39-,48-46-,54-52-. The lowest BCUT2D eigenvalue weighted by atomic mass is 10.0. The highest BCUT2D eigenvalue weighted by Gasteiger charge is 2.25. The fraction of sp³-hybridized carbons (Fsp3) is 0.782. The van der Waals surface area contributed by atoms with Crippen molar-refractivity contribution in [1.82, 2.24) is 0 Å². The third-order valence-electron chi connectivity index (χ3n) is 18.1. The van der Waals surface area contributed by atoms with Crippen LogP contribution in [0.3, 0.4) is 0 Å². The number of ether oxygens (including phenoxy) is 4. The molecule has 0 fully saturated rings. The Hall–Kier alpha value is -3.79. The molecule has 0 aliphatic heterocycles. The molecule has 0 aliphatic carbocycles. The first-order valence-electron chi connectivity index (χ1n) is 40.9. The van der Waals surface area contributed by atoms with E-state index in [1.165, 1.54) is 250 Å². The van der Waals surface area contributed by atoms with Crippen molar-refractivity contribution in [3.05, 3.63) is 97.2 Å². The molecule has 0 heterocycles. The number of carbonyl (C=O) groups is 3. The van der Waals surface area contributed by atoms with E-state index in [1.807, 2.05) is 21.1 Å². The molecule has 556 valence electrons. The van der Waals surface area contributed by atoms with Gasteiger partial charge in [-0.3, -0.25) is 9.59 Å². The zero-order valence-electron chi connectivity index (χ0n) is 63.8. The fourth-order valence-electron chi connectivity index (χ4n) is 11.9. The minimum absolute atomic E-state index is 0.184. The number of hydrogen-bond donors (Lipinski definition) is 1. The van der Waals surface area contributed by atoms with Crippen molar-refractivity contribution >= 4 is 17.9 Å². The van der Waals surface area contributed by atoms with Crippen LogP contribution in [0.4, 0.5) is 0 Å². The van der Waals surface area contributed by atoms with Gasteiger partial charge in [0.1, 0.15) is 13.2 Å². The van der Waals surface area contributed by atoms with Crippen LogP contribution in [-0.2, 0) is 33.3 Å². The zero-order valence-corrected chi connectivity index (χ0v) is 63.8. The molecule has 1 N–H and O–H groups in total. The first-order valence-corrected chi connectivity index (χ1v) is 40.9. The number of rotatable bonds is 76. The van der Waals surface area contributed by atoms with Crippen molar-refractivity contribution < 1.29 is 42.9 Å². The predicted molar refractivity (Wildman–Crippen MR) is 415 cm³/mol. The third-order valence-corrected chi connectivity index (χ3v) is 18.1. The highest BCUT2D eigenvalue weighted by atomic mass is 16.7. The van der Waals surface area contributed by atoms with E-state index in [0.717, 1.165) is 96.3 Å². The minimum atomic E-state index is -1.52. The molecule has 0 rings (SSSR count). The molecule has 2 atom stereocenters. The Bertz CT molecular complexity index is 1900. The second kappa shape index (κ2) is 77.0. The normalized spacial score (nSPS) is 13.1. The summed E-state index contributed by atoms with van der Waals surface area (Å²) >= 11 is 0. The van der Waals surface area contributed by atoms with Crippen LogP contribution in [0, 0.1) is 0 Å². The third kappa shape index (κ3) is 77.6. The number of carboxylic acids is 1. The van der Waals surface area contributed by atoms with Gasteiger partial charge in [-0.25, -0.2) is 4.79 Å². The van der Waals surface area contributed by atoms with Crippen LogP contribution >= 0.6 is 0 Å². The molecule has 0 aliphatic rings. The summed E-state index contributed by atoms with van der Waals surface area (Å²) in [5.41, 5.74) is 0. The Balaban J connectivity index is 4.02. The van der Waals surface area contributed by atoms with Crippen molar-refractivity contribution in [2.75, 3.05) is 47.5 Å². The van der Waals surface area contributed by atoms with Gasteiger partial charge < -0.3 is 28.5 Å². The van der Waals surface area contributed by atoms with Crippen LogP contribution in [0.2, 0.25) is 0 Å². The monoisotopic (exact) mass is 1340 g/mol. The number of carboxylic acid groups (broad SMARTS) is 1. The average Bonchev–Trinajstić information content (AvgIpc) is 2.43. The number of hydrogen-bond acceptors (Lipinski definition) is 7. The topological polar surface area (TPSA) is 108 Å². The number of likely N-dealkylation sites (N-methyl/N-ethyl adjacent to an activating group) is 1. The van der Waals surface area contributed by atoms with Crippen LogP contribution in [0.15, 0.2) is 97.2 Å². The van der Waals surface area contributed by atoms with Crippen molar-refractivity contribution in [2.24, 2.45) is 0 Å². The number of quaternary nitrogens is 1. The van der Waals surface area contributed by atoms with Crippen LogP contribution in [-0.4, -0.2) is 87.4 Å². The molecule has 0 spiro atoms. The van der Waals surface area contributed by atoms with Gasteiger partial charge >= 0.3 is 17.9 Å². The molecule has 2 unspecified atom stereocenters. The molecule has 0 amide bonds. The molecular formula is C87H156NO8+. The smallest absolute Gasteiger partial charge is 0.361 e. The SMILES string of the molecule is CC/C=C\C/C=C\C/C=C\C/C=C\C/C=C\C/C=C\C/C=C\C/C=C\CCCCCCCCCCCCC(=O)OC(COC(=O)CCCCCCCCCCCCCCCCCCCCCCCCCCCCCCCCCCCCCC)COC(OCC[N+](C)(C)C)C(=O)O. The summed E-state index contributed by atoms with van der Waals surface area (Å²) in [5, 5.41) is 9.78. The Morgan fingerprint density at radius 1 is 0.323 bits per heavy atom. The van der Waals surface area contributed by atoms with E-state index >= 15 is 0 Å². The van der Waals surface area contributed by atoms with E-state index in [0.29, 0.717) is 23.9 Å². The summed E-state index contributed by atoms with van der Waals surface area (Å²) in [6.45, 7) is 4.81. The molecule has 0 saturated carbocycles. The number of carbonyl (C=O) groups excluding carboxylic acids is 2. The lowest BCUT2D eigenvalue weighted by Gasteiger charge is -2.25. The van der Waals surface area contributed by atoms with Gasteiger partial charge in [-0.1, -0.05) is 387 Å². The molecule has 96 heavy (non-hydrogen) atoms. The van der Waals surface area contributed by atoms with E-state index < -0.39 is 24.3 Å². The molecule has 9 heteroatoms. The molecular weight excluding hydrogens is 1190 g/mol. The predicted octanol–water partition coefficient (Wildman–Crippen LogP) is 26.3. The fourth-order valence-corrected chi connectivity index (χ4v) is 11.9. The summed E-state index contributed by atoms with van der Waals surface area (Å²) in [7, 11) is 5.99. The Morgan fingerprint density at radius 2 is 0.594 bits per heavy atom. The van der Waals surface area contributed by atoms with Gasteiger partial charge in [0.15, 0.2) is 6.10 Å². The minimum Gasteiger partial charge on any atom is -0.477 e. The van der Waals surface area contributed by atoms with Gasteiger partial charge in [0, 0.05) is 12.8 Å². The van der Waals surface area contributed by atoms with Crippen molar-refractivity contribution in [3.63, 3.8) is 0 Å². The Morgan fingerprint density at radius 3 is 0.885 bits per heavy atom. The lowest BCUT2D eigenvalue weighted by Crippen LogP contribution is -2.40. The van der Waals surface area contributed by atoms with Gasteiger partial charge in [-0.05, 0) is 77.0 Å². The molecule has 0 saturated heterocycles. The summed E-state index contributed by atoms with van der Waals surface area (Å²) in [4.78, 5) is 37.8. The summed E-state index contributed by atoms with van der Waals surface area (Å²) in [6, 6.07) is 0. The average molecular weight is 1340 g/mol. The van der Waals surface area contributed by atoms with Gasteiger partial charge in [0.05, 0.1) is 34.4 Å². The maximum atomic E-state index is 13.0. The second-order valence-corrected chi connectivity index (χ2v) is 28.7. The van der Waals surface area contributed by atoms with Crippen LogP contribution in [0.25, 0.3) is 0 Å². The van der Waals surface area contributed by atoms with E-state index in [-0.39, 0.29) is 32.2 Å². The van der Waals surface area contributed by atoms with E-state index in [2.05, 4.69) is 111 Å². The van der Waals surface area contributed by atoms with Gasteiger partial charge in [-0.15, -0.1) is 0 Å². The Kier molecular flexibility index (Phi) is 73.9. The van der Waals surface area contributed by atoms with Crippen LogP contribution in [0.1, 0.15) is 380 Å². The molecule has 0 aromatic carbocycles. The summed E-state index contributed by atoms with van der Waals surface area (Å²) in [6.07, 6.45) is 104. The Labute approximate surface area is 594 Å². The van der Waals surface area contributed by atoms with E-state index in [4.69, 9.17) is 18.9 Å². The van der Waals surface area contributed by atoms with Gasteiger partial charge in [-0.2, -0.15) is 0 Å². The number of esters is 2. The largest absolute Gasteiger partial charge is 0.477 e. The maximum absolute atomic E-state index is 13.0. The zero-order chi connectivity index (χ0) is 69.7. The summed E-state index contributed by atoms with van der Waals surface area (Å²) in [5.74, 6) is -1.99. The van der Waals surface area contributed by atoms with Crippen molar-refractivity contribution in [2.45, 2.75) is 392 Å². The molecule has 0 bridgehead atoms. The lowest BCUT2D eigenvalue weighted by molar-refractivity contribution is -0.870. The quantitative estimate of drug-likeness (QED) is 0.0211. The summed E-state index contributed by atoms with van der Waals surface area (Å²) < 4.78 is 23.1. The van der Waals surface area contributed by atoms with Crippen molar-refractivity contribution in [3.8, 4) is 0 Å². The number of allylic oxidation sites excluding steroid dienone is 16. The number of nitrogens with zero attached hydrogens (tertiary/aromatic N) is 1. The maximum Gasteiger partial charge on any atom is 0.361 e. The second-order valence-electron chi connectivity index (χ2n) is 28.7. The number of aliphatic carboxylic acids is 1. The van der Waals surface area contributed by atoms with E-state index in [9.17, 15) is 19.5 Å². The molecule has 0 radical (unpaired) electrons. The van der Waals surface area contributed by atoms with Crippen LogP contribution < -0.4 is 0 Å². The highest BCUT2D eigenvalue weighted by molar-refractivity contribution is 5.71. The first kappa shape index (κ1) is 92.2. The molecule has 0 aromatic heterocycles.